The van der Waals surface area contributed by atoms with Crippen LogP contribution in [-0.2, 0) is 36.0 Å². The second-order valence-corrected chi connectivity index (χ2v) is 6.98. The molecule has 4 rings (SSSR count). The lowest BCUT2D eigenvalue weighted by atomic mass is 10.1. The van der Waals surface area contributed by atoms with Crippen molar-refractivity contribution in [2.24, 2.45) is 7.05 Å². The Balaban J connectivity index is 1.42. The van der Waals surface area contributed by atoms with Crippen LogP contribution >= 0.6 is 0 Å². The van der Waals surface area contributed by atoms with Crippen LogP contribution in [0.5, 0.6) is 0 Å². The summed E-state index contributed by atoms with van der Waals surface area (Å²) in [6.07, 6.45) is 5.46. The summed E-state index contributed by atoms with van der Waals surface area (Å²) in [5.74, 6) is 0.183. The van der Waals surface area contributed by atoms with Crippen molar-refractivity contribution in [3.8, 4) is 0 Å². The molecule has 3 aliphatic rings. The monoisotopic (exact) mass is 318 g/mol. The molecule has 0 radical (unpaired) electrons. The first-order valence-electron chi connectivity index (χ1n) is 8.89. The first-order valence-corrected chi connectivity index (χ1v) is 8.89. The molecule has 1 atom stereocenters. The Morgan fingerprint density at radius 1 is 1.22 bits per heavy atom. The number of hydrogen-bond donors (Lipinski definition) is 0. The normalized spacial score (nSPS) is 25.1. The predicted octanol–water partition coefficient (Wildman–Crippen LogP) is 0.732. The average molecular weight is 318 g/mol. The maximum absolute atomic E-state index is 12.6. The van der Waals surface area contributed by atoms with E-state index in [4.69, 9.17) is 4.74 Å². The number of carbonyl (C=O) groups is 1. The van der Waals surface area contributed by atoms with Crippen LogP contribution in [0.15, 0.2) is 0 Å². The highest BCUT2D eigenvalue weighted by molar-refractivity contribution is 5.81. The molecule has 1 amide bonds. The van der Waals surface area contributed by atoms with Crippen molar-refractivity contribution in [2.45, 2.75) is 44.8 Å². The number of ether oxygens (including phenoxy) is 1. The average Bonchev–Trinajstić information content (AvgIpc) is 3.27. The SMILES string of the molecule is Cn1nc2c(c1CN1CCOC(C(=O)N3CCCC3)C1)CCC2. The van der Waals surface area contributed by atoms with Gasteiger partial charge in [-0.2, -0.15) is 5.10 Å². The Morgan fingerprint density at radius 3 is 2.87 bits per heavy atom. The number of rotatable bonds is 3. The number of aromatic nitrogens is 2. The quantitative estimate of drug-likeness (QED) is 0.824. The lowest BCUT2D eigenvalue weighted by Gasteiger charge is -2.34. The third-order valence-electron chi connectivity index (χ3n) is 5.42. The summed E-state index contributed by atoms with van der Waals surface area (Å²) in [7, 11) is 2.04. The fourth-order valence-electron chi connectivity index (χ4n) is 4.13. The third-order valence-corrected chi connectivity index (χ3v) is 5.42. The van der Waals surface area contributed by atoms with Gasteiger partial charge < -0.3 is 9.64 Å². The number of likely N-dealkylation sites (tertiary alicyclic amines) is 1. The Kier molecular flexibility index (Phi) is 4.11. The number of fused-ring (bicyclic) bond motifs is 1. The summed E-state index contributed by atoms with van der Waals surface area (Å²) in [4.78, 5) is 16.9. The number of nitrogens with zero attached hydrogens (tertiary/aromatic N) is 4. The van der Waals surface area contributed by atoms with Gasteiger partial charge >= 0.3 is 0 Å². The largest absolute Gasteiger partial charge is 0.366 e. The number of carbonyl (C=O) groups excluding carboxylic acids is 1. The molecule has 0 aromatic carbocycles. The molecular weight excluding hydrogens is 292 g/mol. The highest BCUT2D eigenvalue weighted by atomic mass is 16.5. The molecule has 0 N–H and O–H groups in total. The van der Waals surface area contributed by atoms with Gasteiger partial charge in [0.25, 0.3) is 5.91 Å². The molecule has 3 heterocycles. The lowest BCUT2D eigenvalue weighted by molar-refractivity contribution is -0.148. The van der Waals surface area contributed by atoms with E-state index in [9.17, 15) is 4.79 Å². The van der Waals surface area contributed by atoms with Gasteiger partial charge in [-0.15, -0.1) is 0 Å². The maximum Gasteiger partial charge on any atom is 0.253 e. The number of hydrogen-bond acceptors (Lipinski definition) is 4. The van der Waals surface area contributed by atoms with Crippen molar-refractivity contribution >= 4 is 5.91 Å². The smallest absolute Gasteiger partial charge is 0.253 e. The van der Waals surface area contributed by atoms with Crippen molar-refractivity contribution in [1.82, 2.24) is 19.6 Å². The van der Waals surface area contributed by atoms with Crippen LogP contribution in [0.1, 0.15) is 36.2 Å². The van der Waals surface area contributed by atoms with E-state index >= 15 is 0 Å². The van der Waals surface area contributed by atoms with E-state index in [0.29, 0.717) is 13.2 Å². The molecule has 126 valence electrons. The first kappa shape index (κ1) is 15.1. The zero-order valence-electron chi connectivity index (χ0n) is 14.0. The molecule has 2 fully saturated rings. The van der Waals surface area contributed by atoms with Gasteiger partial charge in [-0.1, -0.05) is 0 Å². The van der Waals surface area contributed by atoms with Crippen molar-refractivity contribution in [1.29, 1.82) is 0 Å². The zero-order chi connectivity index (χ0) is 15.8. The Morgan fingerprint density at radius 2 is 2.04 bits per heavy atom. The van der Waals surface area contributed by atoms with Crippen LogP contribution < -0.4 is 0 Å². The summed E-state index contributed by atoms with van der Waals surface area (Å²) >= 11 is 0. The zero-order valence-corrected chi connectivity index (χ0v) is 14.0. The number of aryl methyl sites for hydroxylation is 2. The van der Waals surface area contributed by atoms with E-state index in [0.717, 1.165) is 51.9 Å². The molecule has 2 aliphatic heterocycles. The number of morpholine rings is 1. The van der Waals surface area contributed by atoms with Crippen molar-refractivity contribution in [2.75, 3.05) is 32.8 Å². The van der Waals surface area contributed by atoms with E-state index in [1.165, 1.54) is 23.4 Å². The Labute approximate surface area is 137 Å². The van der Waals surface area contributed by atoms with Gasteiger partial charge in [-0.3, -0.25) is 14.4 Å². The van der Waals surface area contributed by atoms with Crippen molar-refractivity contribution < 1.29 is 9.53 Å². The Hall–Kier alpha value is -1.40. The summed E-state index contributed by atoms with van der Waals surface area (Å²) in [5, 5.41) is 4.66. The summed E-state index contributed by atoms with van der Waals surface area (Å²) in [6.45, 7) is 4.91. The second-order valence-electron chi connectivity index (χ2n) is 6.98. The van der Waals surface area contributed by atoms with Crippen LogP contribution in [0.4, 0.5) is 0 Å². The molecule has 6 nitrogen and oxygen atoms in total. The van der Waals surface area contributed by atoms with Gasteiger partial charge in [0.05, 0.1) is 18.0 Å². The van der Waals surface area contributed by atoms with Gasteiger partial charge in [-0.05, 0) is 37.7 Å². The van der Waals surface area contributed by atoms with E-state index in [1.807, 2.05) is 16.6 Å². The third kappa shape index (κ3) is 2.90. The summed E-state index contributed by atoms with van der Waals surface area (Å²) in [6, 6.07) is 0. The summed E-state index contributed by atoms with van der Waals surface area (Å²) < 4.78 is 7.81. The maximum atomic E-state index is 12.6. The fourth-order valence-corrected chi connectivity index (χ4v) is 4.13. The Bertz CT molecular complexity index is 592. The molecule has 0 spiro atoms. The molecule has 0 saturated carbocycles. The minimum absolute atomic E-state index is 0.183. The van der Waals surface area contributed by atoms with E-state index < -0.39 is 0 Å². The van der Waals surface area contributed by atoms with Gasteiger partial charge in [0.1, 0.15) is 6.10 Å². The highest BCUT2D eigenvalue weighted by Crippen LogP contribution is 2.26. The van der Waals surface area contributed by atoms with E-state index in [1.54, 1.807) is 0 Å². The molecule has 23 heavy (non-hydrogen) atoms. The molecular formula is C17H26N4O2. The van der Waals surface area contributed by atoms with Gasteiger partial charge in [-0.25, -0.2) is 0 Å². The van der Waals surface area contributed by atoms with E-state index in [2.05, 4.69) is 10.00 Å². The minimum Gasteiger partial charge on any atom is -0.366 e. The van der Waals surface area contributed by atoms with Crippen LogP contribution in [0.3, 0.4) is 0 Å². The van der Waals surface area contributed by atoms with Gasteiger partial charge in [0.15, 0.2) is 0 Å². The van der Waals surface area contributed by atoms with Crippen LogP contribution in [0, 0.1) is 0 Å². The molecule has 1 aliphatic carbocycles. The second kappa shape index (κ2) is 6.24. The van der Waals surface area contributed by atoms with Crippen molar-refractivity contribution in [3.63, 3.8) is 0 Å². The van der Waals surface area contributed by atoms with Gasteiger partial charge in [0.2, 0.25) is 0 Å². The molecule has 1 aromatic rings. The first-order chi connectivity index (χ1) is 11.2. The molecule has 1 unspecified atom stereocenters. The standard InChI is InChI=1S/C17H26N4O2/c1-19-15(13-5-4-6-14(13)18-19)11-20-9-10-23-16(12-20)17(22)21-7-2-3-8-21/h16H,2-12H2,1H3. The van der Waals surface area contributed by atoms with E-state index in [-0.39, 0.29) is 12.0 Å². The van der Waals surface area contributed by atoms with Crippen LogP contribution in [0.25, 0.3) is 0 Å². The molecule has 1 aromatic heterocycles. The van der Waals surface area contributed by atoms with Gasteiger partial charge in [0, 0.05) is 39.8 Å². The predicted molar refractivity (Wildman–Crippen MR) is 86.1 cm³/mol. The molecule has 2 saturated heterocycles. The minimum atomic E-state index is -0.289. The van der Waals surface area contributed by atoms with Crippen LogP contribution in [-0.4, -0.2) is 64.4 Å². The fraction of sp³-hybridized carbons (Fsp3) is 0.765. The molecule has 6 heteroatoms. The summed E-state index contributed by atoms with van der Waals surface area (Å²) in [5.41, 5.74) is 4.05. The topological polar surface area (TPSA) is 50.6 Å². The lowest BCUT2D eigenvalue weighted by Crippen LogP contribution is -2.50. The van der Waals surface area contributed by atoms with Crippen LogP contribution in [0.2, 0.25) is 0 Å². The number of amides is 1. The molecule has 0 bridgehead atoms. The highest BCUT2D eigenvalue weighted by Gasteiger charge is 2.32. The van der Waals surface area contributed by atoms with Crippen molar-refractivity contribution in [3.05, 3.63) is 17.0 Å².